The topological polar surface area (TPSA) is 60.9 Å². The molecule has 118 valence electrons. The molecule has 0 spiro atoms. The highest BCUT2D eigenvalue weighted by Gasteiger charge is 2.42. The Morgan fingerprint density at radius 3 is 2.64 bits per heavy atom. The minimum atomic E-state index is -0.622. The average molecular weight is 323 g/mol. The van der Waals surface area contributed by atoms with Crippen molar-refractivity contribution in [1.29, 1.82) is 0 Å². The molecule has 1 N–H and O–H groups in total. The first-order valence-electron chi connectivity index (χ1n) is 7.60. The Labute approximate surface area is 134 Å². The quantitative estimate of drug-likeness (QED) is 0.861. The Morgan fingerprint density at radius 2 is 1.95 bits per heavy atom. The van der Waals surface area contributed by atoms with Crippen LogP contribution in [0.4, 0.5) is 5.69 Å². The molecule has 2 aliphatic rings. The van der Waals surface area contributed by atoms with Crippen LogP contribution < -0.4 is 4.90 Å². The van der Waals surface area contributed by atoms with Crippen LogP contribution in [-0.4, -0.2) is 47.6 Å². The van der Waals surface area contributed by atoms with Gasteiger partial charge in [-0.25, -0.2) is 0 Å². The van der Waals surface area contributed by atoms with Gasteiger partial charge in [0.1, 0.15) is 5.92 Å². The molecular weight excluding hydrogens is 304 g/mol. The second-order valence-electron chi connectivity index (χ2n) is 5.82. The van der Waals surface area contributed by atoms with Crippen molar-refractivity contribution >= 4 is 29.1 Å². The third-order valence-electron chi connectivity index (χ3n) is 4.51. The fraction of sp³-hybridized carbons (Fsp3) is 0.500. The van der Waals surface area contributed by atoms with Crippen molar-refractivity contribution in [2.24, 2.45) is 5.92 Å². The maximum atomic E-state index is 12.6. The zero-order valence-electron chi connectivity index (χ0n) is 12.2. The van der Waals surface area contributed by atoms with Crippen LogP contribution in [0, 0.1) is 5.92 Å². The predicted molar refractivity (Wildman–Crippen MR) is 83.7 cm³/mol. The number of rotatable bonds is 3. The molecule has 2 heterocycles. The first kappa shape index (κ1) is 15.3. The van der Waals surface area contributed by atoms with Gasteiger partial charge in [0.15, 0.2) is 0 Å². The third kappa shape index (κ3) is 2.71. The Kier molecular flexibility index (Phi) is 4.36. The first-order valence-corrected chi connectivity index (χ1v) is 7.98. The number of hydrogen-bond donors (Lipinski definition) is 1. The van der Waals surface area contributed by atoms with Crippen LogP contribution in [0.2, 0.25) is 5.02 Å². The van der Waals surface area contributed by atoms with Crippen molar-refractivity contribution in [2.45, 2.75) is 25.3 Å². The van der Waals surface area contributed by atoms with Crippen LogP contribution in [0.5, 0.6) is 0 Å². The summed E-state index contributed by atoms with van der Waals surface area (Å²) in [7, 11) is 0. The minimum absolute atomic E-state index is 0.0342. The van der Waals surface area contributed by atoms with E-state index in [2.05, 4.69) is 0 Å². The number of carbonyl (C=O) groups is 2. The lowest BCUT2D eigenvalue weighted by Crippen LogP contribution is -2.43. The van der Waals surface area contributed by atoms with Gasteiger partial charge in [-0.2, -0.15) is 0 Å². The van der Waals surface area contributed by atoms with Gasteiger partial charge < -0.3 is 14.9 Å². The van der Waals surface area contributed by atoms with Gasteiger partial charge >= 0.3 is 0 Å². The van der Waals surface area contributed by atoms with Crippen molar-refractivity contribution in [3.63, 3.8) is 0 Å². The van der Waals surface area contributed by atoms with Crippen molar-refractivity contribution in [3.05, 3.63) is 29.3 Å². The highest BCUT2D eigenvalue weighted by molar-refractivity contribution is 6.30. The Bertz CT molecular complexity index is 575. The van der Waals surface area contributed by atoms with Gasteiger partial charge in [-0.1, -0.05) is 11.6 Å². The molecule has 2 amide bonds. The number of aliphatic hydroxyl groups excluding tert-OH is 1. The van der Waals surface area contributed by atoms with E-state index in [1.54, 1.807) is 34.1 Å². The lowest BCUT2D eigenvalue weighted by molar-refractivity contribution is -0.141. The molecule has 1 unspecified atom stereocenters. The zero-order chi connectivity index (χ0) is 15.7. The summed E-state index contributed by atoms with van der Waals surface area (Å²) in [6, 6.07) is 6.92. The van der Waals surface area contributed by atoms with Gasteiger partial charge in [0.25, 0.3) is 0 Å². The number of benzene rings is 1. The molecule has 2 fully saturated rings. The van der Waals surface area contributed by atoms with E-state index in [1.807, 2.05) is 0 Å². The van der Waals surface area contributed by atoms with Gasteiger partial charge in [0, 0.05) is 23.8 Å². The molecule has 5 nitrogen and oxygen atoms in total. The van der Waals surface area contributed by atoms with E-state index >= 15 is 0 Å². The molecule has 0 radical (unpaired) electrons. The van der Waals surface area contributed by atoms with Crippen LogP contribution in [0.1, 0.15) is 19.3 Å². The average Bonchev–Trinajstić information content (AvgIpc) is 3.14. The predicted octanol–water partition coefficient (Wildman–Crippen LogP) is 1.68. The molecule has 6 heteroatoms. The normalized spacial score (nSPS) is 25.1. The lowest BCUT2D eigenvalue weighted by atomic mass is 10.1. The molecule has 1 aromatic carbocycles. The van der Waals surface area contributed by atoms with Crippen LogP contribution in [-0.2, 0) is 9.59 Å². The monoisotopic (exact) mass is 322 g/mol. The second-order valence-corrected chi connectivity index (χ2v) is 6.25. The van der Waals surface area contributed by atoms with E-state index < -0.39 is 5.92 Å². The van der Waals surface area contributed by atoms with Gasteiger partial charge in [-0.15, -0.1) is 0 Å². The van der Waals surface area contributed by atoms with Crippen molar-refractivity contribution in [3.8, 4) is 0 Å². The molecule has 3 rings (SSSR count). The number of carbonyl (C=O) groups excluding carboxylic acids is 2. The highest BCUT2D eigenvalue weighted by atomic mass is 35.5. The molecule has 2 atom stereocenters. The molecule has 2 aliphatic heterocycles. The number of hydrogen-bond acceptors (Lipinski definition) is 3. The third-order valence-corrected chi connectivity index (χ3v) is 4.76. The summed E-state index contributed by atoms with van der Waals surface area (Å²) >= 11 is 5.86. The smallest absolute Gasteiger partial charge is 0.239 e. The van der Waals surface area contributed by atoms with E-state index in [4.69, 9.17) is 11.6 Å². The minimum Gasteiger partial charge on any atom is -0.394 e. The van der Waals surface area contributed by atoms with Gasteiger partial charge in [-0.05, 0) is 43.5 Å². The molecule has 22 heavy (non-hydrogen) atoms. The fourth-order valence-corrected chi connectivity index (χ4v) is 3.43. The Balaban J connectivity index is 1.73. The second kappa shape index (κ2) is 6.26. The molecular formula is C16H19ClN2O3. The summed E-state index contributed by atoms with van der Waals surface area (Å²) in [5.74, 6) is -0.920. The van der Waals surface area contributed by atoms with E-state index in [1.165, 1.54) is 0 Å². The van der Waals surface area contributed by atoms with Crippen LogP contribution in [0.3, 0.4) is 0 Å². The maximum Gasteiger partial charge on any atom is 0.239 e. The van der Waals surface area contributed by atoms with Crippen molar-refractivity contribution in [1.82, 2.24) is 4.90 Å². The van der Waals surface area contributed by atoms with Gasteiger partial charge in [-0.3, -0.25) is 9.59 Å². The first-order chi connectivity index (χ1) is 10.6. The summed E-state index contributed by atoms with van der Waals surface area (Å²) in [5.41, 5.74) is 0.768. The molecule has 1 aromatic rings. The maximum absolute atomic E-state index is 12.6. The number of likely N-dealkylation sites (tertiary alicyclic amines) is 1. The zero-order valence-corrected chi connectivity index (χ0v) is 13.0. The summed E-state index contributed by atoms with van der Waals surface area (Å²) in [6.45, 7) is 1.14. The van der Waals surface area contributed by atoms with Crippen molar-refractivity contribution < 1.29 is 14.7 Å². The van der Waals surface area contributed by atoms with Gasteiger partial charge in [0.05, 0.1) is 12.6 Å². The molecule has 0 aliphatic carbocycles. The van der Waals surface area contributed by atoms with E-state index in [-0.39, 0.29) is 24.5 Å². The number of amides is 2. The van der Waals surface area contributed by atoms with Crippen molar-refractivity contribution in [2.75, 3.05) is 24.6 Å². The SMILES string of the molecule is O=C1C(C(=O)N2CCC[C@@H]2CO)CCN1c1ccc(Cl)cc1. The molecule has 0 aromatic heterocycles. The fourth-order valence-electron chi connectivity index (χ4n) is 3.30. The van der Waals surface area contributed by atoms with E-state index in [9.17, 15) is 14.7 Å². The van der Waals surface area contributed by atoms with Gasteiger partial charge in [0.2, 0.25) is 11.8 Å². The van der Waals surface area contributed by atoms with E-state index in [0.29, 0.717) is 24.5 Å². The van der Waals surface area contributed by atoms with E-state index in [0.717, 1.165) is 18.5 Å². The highest BCUT2D eigenvalue weighted by Crippen LogP contribution is 2.29. The summed E-state index contributed by atoms with van der Waals surface area (Å²) < 4.78 is 0. The Hall–Kier alpha value is -1.59. The number of aliphatic hydroxyl groups is 1. The summed E-state index contributed by atoms with van der Waals surface area (Å²) in [5, 5.41) is 9.96. The number of halogens is 1. The molecule has 0 bridgehead atoms. The largest absolute Gasteiger partial charge is 0.394 e. The van der Waals surface area contributed by atoms with Crippen LogP contribution in [0.25, 0.3) is 0 Å². The Morgan fingerprint density at radius 1 is 1.23 bits per heavy atom. The summed E-state index contributed by atoms with van der Waals surface area (Å²) in [4.78, 5) is 28.5. The summed E-state index contributed by atoms with van der Waals surface area (Å²) in [6.07, 6.45) is 2.22. The number of nitrogens with zero attached hydrogens (tertiary/aromatic N) is 2. The number of anilines is 1. The lowest BCUT2D eigenvalue weighted by Gasteiger charge is -2.25. The standard InChI is InChI=1S/C16H19ClN2O3/c17-11-3-5-12(6-4-11)19-9-7-14(16(19)22)15(21)18-8-1-2-13(18)10-20/h3-6,13-14,20H,1-2,7-10H2/t13-,14?/m1/s1. The van der Waals surface area contributed by atoms with Crippen LogP contribution >= 0.6 is 11.6 Å². The molecule has 0 saturated carbocycles. The van der Waals surface area contributed by atoms with Crippen LogP contribution in [0.15, 0.2) is 24.3 Å². The molecule has 2 saturated heterocycles.